The number of methoxy groups -OCH3 is 2. The zero-order valence-corrected chi connectivity index (χ0v) is 15.3. The number of rotatable bonds is 5. The first-order valence-corrected chi connectivity index (χ1v) is 8.72. The molecule has 4 rings (SSSR count). The molecule has 0 saturated carbocycles. The summed E-state index contributed by atoms with van der Waals surface area (Å²) in [5, 5.41) is 0. The maximum absolute atomic E-state index is 5.28. The van der Waals surface area contributed by atoms with E-state index in [2.05, 4.69) is 22.9 Å². The van der Waals surface area contributed by atoms with Gasteiger partial charge in [-0.1, -0.05) is 18.2 Å². The number of hydrogen-bond acceptors (Lipinski definition) is 3. The van der Waals surface area contributed by atoms with E-state index in [-0.39, 0.29) is 0 Å². The minimum absolute atomic E-state index is 0.826. The SMILES string of the molecule is COc1ccc(-c2cn(-c3ccccc3)c(-c3ccc(OC)cc3)n2)cc1. The van der Waals surface area contributed by atoms with Gasteiger partial charge in [0, 0.05) is 23.0 Å². The molecule has 134 valence electrons. The molecule has 0 bridgehead atoms. The van der Waals surface area contributed by atoms with Gasteiger partial charge in [-0.2, -0.15) is 0 Å². The summed E-state index contributed by atoms with van der Waals surface area (Å²) in [7, 11) is 3.34. The van der Waals surface area contributed by atoms with Crippen LogP contribution in [0.5, 0.6) is 11.5 Å². The molecule has 3 aromatic carbocycles. The molecule has 0 saturated heterocycles. The van der Waals surface area contributed by atoms with Crippen molar-refractivity contribution >= 4 is 0 Å². The predicted molar refractivity (Wildman–Crippen MR) is 108 cm³/mol. The summed E-state index contributed by atoms with van der Waals surface area (Å²) in [5.74, 6) is 2.54. The van der Waals surface area contributed by atoms with Crippen molar-refractivity contribution in [2.75, 3.05) is 14.2 Å². The molecule has 0 atom stereocenters. The van der Waals surface area contributed by atoms with Crippen LogP contribution in [0.25, 0.3) is 28.3 Å². The number of nitrogens with zero attached hydrogens (tertiary/aromatic N) is 2. The highest BCUT2D eigenvalue weighted by atomic mass is 16.5. The highest BCUT2D eigenvalue weighted by Crippen LogP contribution is 2.29. The van der Waals surface area contributed by atoms with Crippen molar-refractivity contribution in [1.29, 1.82) is 0 Å². The first-order chi connectivity index (χ1) is 13.3. The molecule has 0 aliphatic rings. The van der Waals surface area contributed by atoms with Crippen LogP contribution in [-0.4, -0.2) is 23.8 Å². The van der Waals surface area contributed by atoms with E-state index < -0.39 is 0 Å². The van der Waals surface area contributed by atoms with E-state index in [0.29, 0.717) is 0 Å². The average molecular weight is 356 g/mol. The van der Waals surface area contributed by atoms with E-state index in [4.69, 9.17) is 14.5 Å². The van der Waals surface area contributed by atoms with Crippen molar-refractivity contribution in [3.8, 4) is 39.8 Å². The highest BCUT2D eigenvalue weighted by Gasteiger charge is 2.13. The van der Waals surface area contributed by atoms with Crippen molar-refractivity contribution in [2.24, 2.45) is 0 Å². The second-order valence-electron chi connectivity index (χ2n) is 6.11. The van der Waals surface area contributed by atoms with E-state index in [9.17, 15) is 0 Å². The molecule has 0 amide bonds. The van der Waals surface area contributed by atoms with Crippen molar-refractivity contribution in [1.82, 2.24) is 9.55 Å². The summed E-state index contributed by atoms with van der Waals surface area (Å²) >= 11 is 0. The average Bonchev–Trinajstić information content (AvgIpc) is 3.20. The molecule has 0 spiro atoms. The van der Waals surface area contributed by atoms with Crippen molar-refractivity contribution < 1.29 is 9.47 Å². The van der Waals surface area contributed by atoms with Gasteiger partial charge < -0.3 is 9.47 Å². The van der Waals surface area contributed by atoms with Crippen LogP contribution in [0.3, 0.4) is 0 Å². The summed E-state index contributed by atoms with van der Waals surface area (Å²) in [6.07, 6.45) is 2.07. The summed E-state index contributed by atoms with van der Waals surface area (Å²) in [6.45, 7) is 0. The lowest BCUT2D eigenvalue weighted by molar-refractivity contribution is 0.415. The van der Waals surface area contributed by atoms with E-state index in [1.807, 2.05) is 66.7 Å². The van der Waals surface area contributed by atoms with Gasteiger partial charge in [0.05, 0.1) is 19.9 Å². The first-order valence-electron chi connectivity index (χ1n) is 8.72. The Kier molecular flexibility index (Phi) is 4.62. The molecule has 27 heavy (non-hydrogen) atoms. The molecular formula is C23H20N2O2. The Morgan fingerprint density at radius 2 is 1.22 bits per heavy atom. The first kappa shape index (κ1) is 16.9. The van der Waals surface area contributed by atoms with Crippen LogP contribution >= 0.6 is 0 Å². The molecule has 0 radical (unpaired) electrons. The van der Waals surface area contributed by atoms with E-state index in [1.54, 1.807) is 14.2 Å². The molecule has 1 aromatic heterocycles. The molecule has 0 N–H and O–H groups in total. The predicted octanol–water partition coefficient (Wildman–Crippen LogP) is 5.22. The molecule has 0 unspecified atom stereocenters. The molecule has 4 aromatic rings. The van der Waals surface area contributed by atoms with E-state index >= 15 is 0 Å². The molecule has 0 fully saturated rings. The van der Waals surface area contributed by atoms with Gasteiger partial charge in [-0.25, -0.2) is 4.98 Å². The number of ether oxygens (including phenoxy) is 2. The Morgan fingerprint density at radius 1 is 0.667 bits per heavy atom. The minimum Gasteiger partial charge on any atom is -0.497 e. The second-order valence-corrected chi connectivity index (χ2v) is 6.11. The van der Waals surface area contributed by atoms with Crippen molar-refractivity contribution in [2.45, 2.75) is 0 Å². The molecule has 4 heteroatoms. The number of hydrogen-bond donors (Lipinski definition) is 0. The summed E-state index contributed by atoms with van der Waals surface area (Å²) in [6, 6.07) is 26.1. The fourth-order valence-corrected chi connectivity index (χ4v) is 3.01. The Labute approximate surface area is 158 Å². The van der Waals surface area contributed by atoms with Gasteiger partial charge in [0.25, 0.3) is 0 Å². The molecule has 0 aliphatic carbocycles. The number of benzene rings is 3. The second kappa shape index (κ2) is 7.38. The third-order valence-corrected chi connectivity index (χ3v) is 4.47. The van der Waals surface area contributed by atoms with Gasteiger partial charge in [0.15, 0.2) is 0 Å². The lowest BCUT2D eigenvalue weighted by Crippen LogP contribution is -1.95. The summed E-state index contributed by atoms with van der Waals surface area (Å²) in [5.41, 5.74) is 4.04. The van der Waals surface area contributed by atoms with Crippen LogP contribution in [0.4, 0.5) is 0 Å². The third kappa shape index (κ3) is 3.42. The zero-order valence-electron chi connectivity index (χ0n) is 15.3. The van der Waals surface area contributed by atoms with Crippen LogP contribution in [0, 0.1) is 0 Å². The fourth-order valence-electron chi connectivity index (χ4n) is 3.01. The van der Waals surface area contributed by atoms with Crippen LogP contribution in [0.2, 0.25) is 0 Å². The highest BCUT2D eigenvalue weighted by molar-refractivity contribution is 5.68. The van der Waals surface area contributed by atoms with Crippen LogP contribution in [-0.2, 0) is 0 Å². The molecular weight excluding hydrogens is 336 g/mol. The molecule has 1 heterocycles. The van der Waals surface area contributed by atoms with Crippen LogP contribution in [0.1, 0.15) is 0 Å². The molecule has 4 nitrogen and oxygen atoms in total. The zero-order chi connectivity index (χ0) is 18.6. The van der Waals surface area contributed by atoms with Gasteiger partial charge in [-0.15, -0.1) is 0 Å². The Morgan fingerprint density at radius 3 is 1.78 bits per heavy atom. The molecule has 0 aliphatic heterocycles. The fraction of sp³-hybridized carbons (Fsp3) is 0.0870. The van der Waals surface area contributed by atoms with Gasteiger partial charge in [0.1, 0.15) is 17.3 Å². The van der Waals surface area contributed by atoms with Gasteiger partial charge in [0.2, 0.25) is 0 Å². The van der Waals surface area contributed by atoms with Crippen LogP contribution < -0.4 is 9.47 Å². The van der Waals surface area contributed by atoms with Crippen molar-refractivity contribution in [3.63, 3.8) is 0 Å². The Balaban J connectivity index is 1.83. The van der Waals surface area contributed by atoms with Gasteiger partial charge in [-0.05, 0) is 60.7 Å². The number of para-hydroxylation sites is 1. The third-order valence-electron chi connectivity index (χ3n) is 4.47. The van der Waals surface area contributed by atoms with Gasteiger partial charge in [-0.3, -0.25) is 4.57 Å². The summed E-state index contributed by atoms with van der Waals surface area (Å²) < 4.78 is 12.6. The smallest absolute Gasteiger partial charge is 0.145 e. The van der Waals surface area contributed by atoms with Crippen molar-refractivity contribution in [3.05, 3.63) is 85.1 Å². The number of aromatic nitrogens is 2. The lowest BCUT2D eigenvalue weighted by atomic mass is 10.1. The quantitative estimate of drug-likeness (QED) is 0.492. The van der Waals surface area contributed by atoms with E-state index in [0.717, 1.165) is 39.8 Å². The standard InChI is InChI=1S/C23H20N2O2/c1-26-20-12-8-17(9-13-20)22-16-25(19-6-4-3-5-7-19)23(24-22)18-10-14-21(27-2)15-11-18/h3-16H,1-2H3. The maximum Gasteiger partial charge on any atom is 0.145 e. The minimum atomic E-state index is 0.826. The van der Waals surface area contributed by atoms with E-state index in [1.165, 1.54) is 0 Å². The Bertz CT molecular complexity index is 1020. The van der Waals surface area contributed by atoms with Gasteiger partial charge >= 0.3 is 0 Å². The summed E-state index contributed by atoms with van der Waals surface area (Å²) in [4.78, 5) is 4.92. The maximum atomic E-state index is 5.28. The largest absolute Gasteiger partial charge is 0.497 e. The topological polar surface area (TPSA) is 36.3 Å². The lowest BCUT2D eigenvalue weighted by Gasteiger charge is -2.08. The van der Waals surface area contributed by atoms with Crippen LogP contribution in [0.15, 0.2) is 85.1 Å². The monoisotopic (exact) mass is 356 g/mol. The number of imidazole rings is 1. The normalized spacial score (nSPS) is 10.6. The Hall–Kier alpha value is -3.53.